The lowest BCUT2D eigenvalue weighted by Gasteiger charge is -2.06. The zero-order chi connectivity index (χ0) is 8.97. The van der Waals surface area contributed by atoms with Crippen LogP contribution in [-0.2, 0) is 0 Å². The number of para-hydroxylation sites is 1. The van der Waals surface area contributed by atoms with E-state index in [1.165, 1.54) is 6.07 Å². The molecule has 0 aliphatic heterocycles. The van der Waals surface area contributed by atoms with Gasteiger partial charge in [0, 0.05) is 5.33 Å². The summed E-state index contributed by atoms with van der Waals surface area (Å²) in [6.07, 6.45) is 0. The summed E-state index contributed by atoms with van der Waals surface area (Å²) < 4.78 is 18.0. The fraction of sp³-hybridized carbons (Fsp3) is 0.250. The normalized spacial score (nSPS) is 9.92. The van der Waals surface area contributed by atoms with Gasteiger partial charge in [0.2, 0.25) is 0 Å². The Morgan fingerprint density at radius 2 is 2.25 bits per heavy atom. The van der Waals surface area contributed by atoms with E-state index in [4.69, 9.17) is 16.3 Å². The molecule has 1 rings (SSSR count). The number of halogens is 3. The Kier molecular flexibility index (Phi) is 3.82. The fourth-order valence-corrected chi connectivity index (χ4v) is 1.14. The van der Waals surface area contributed by atoms with E-state index in [-0.39, 0.29) is 5.75 Å². The van der Waals surface area contributed by atoms with Gasteiger partial charge < -0.3 is 4.74 Å². The van der Waals surface area contributed by atoms with Crippen molar-refractivity contribution >= 4 is 27.5 Å². The molecule has 1 aromatic rings. The maximum Gasteiger partial charge on any atom is 0.173 e. The summed E-state index contributed by atoms with van der Waals surface area (Å²) in [6, 6.07) is 4.45. The molecule has 0 N–H and O–H groups in total. The lowest BCUT2D eigenvalue weighted by Crippen LogP contribution is -2.00. The summed E-state index contributed by atoms with van der Waals surface area (Å²) in [6.45, 7) is 0.403. The molecular weight excluding hydrogens is 246 g/mol. The Bertz CT molecular complexity index is 247. The van der Waals surface area contributed by atoms with E-state index in [2.05, 4.69) is 15.9 Å². The molecule has 0 aliphatic carbocycles. The molecule has 0 saturated carbocycles. The van der Waals surface area contributed by atoms with Gasteiger partial charge in [-0.2, -0.15) is 0 Å². The van der Waals surface area contributed by atoms with Crippen molar-refractivity contribution < 1.29 is 9.13 Å². The third-order valence-corrected chi connectivity index (χ3v) is 1.86. The molecule has 0 bridgehead atoms. The van der Waals surface area contributed by atoms with Gasteiger partial charge in [-0.05, 0) is 12.1 Å². The van der Waals surface area contributed by atoms with Gasteiger partial charge in [0.25, 0.3) is 0 Å². The predicted molar refractivity (Wildman–Crippen MR) is 50.7 cm³/mol. The first-order chi connectivity index (χ1) is 5.75. The van der Waals surface area contributed by atoms with Crippen LogP contribution in [0.4, 0.5) is 4.39 Å². The van der Waals surface area contributed by atoms with Crippen molar-refractivity contribution in [1.29, 1.82) is 0 Å². The van der Waals surface area contributed by atoms with Gasteiger partial charge in [0.15, 0.2) is 11.6 Å². The molecule has 12 heavy (non-hydrogen) atoms. The molecule has 66 valence electrons. The van der Waals surface area contributed by atoms with Crippen molar-refractivity contribution in [3.05, 3.63) is 29.0 Å². The van der Waals surface area contributed by atoms with Gasteiger partial charge in [0.05, 0.1) is 11.6 Å². The zero-order valence-electron chi connectivity index (χ0n) is 6.19. The lowest BCUT2D eigenvalue weighted by atomic mass is 10.3. The Balaban J connectivity index is 2.81. The molecule has 0 fully saturated rings. The van der Waals surface area contributed by atoms with Crippen LogP contribution >= 0.6 is 27.5 Å². The third-order valence-electron chi connectivity index (χ3n) is 1.24. The summed E-state index contributed by atoms with van der Waals surface area (Å²) >= 11 is 8.85. The molecule has 0 atom stereocenters. The summed E-state index contributed by atoms with van der Waals surface area (Å²) in [7, 11) is 0. The standard InChI is InChI=1S/C8H7BrClFO/c9-4-5-12-8-6(10)2-1-3-7(8)11/h1-3H,4-5H2. The Labute approximate surface area is 83.6 Å². The molecule has 1 aromatic carbocycles. The van der Waals surface area contributed by atoms with Gasteiger partial charge >= 0.3 is 0 Å². The second-order valence-electron chi connectivity index (χ2n) is 2.09. The van der Waals surface area contributed by atoms with E-state index in [0.717, 1.165) is 0 Å². The maximum atomic E-state index is 12.9. The number of alkyl halides is 1. The van der Waals surface area contributed by atoms with Crippen molar-refractivity contribution in [3.8, 4) is 5.75 Å². The minimum absolute atomic E-state index is 0.124. The first kappa shape index (κ1) is 9.81. The molecule has 0 aliphatic rings. The fourth-order valence-electron chi connectivity index (χ4n) is 0.761. The molecule has 0 unspecified atom stereocenters. The van der Waals surface area contributed by atoms with Crippen LogP contribution in [0.1, 0.15) is 0 Å². The van der Waals surface area contributed by atoms with Crippen LogP contribution in [0.25, 0.3) is 0 Å². The van der Waals surface area contributed by atoms with Crippen LogP contribution in [0.2, 0.25) is 5.02 Å². The zero-order valence-corrected chi connectivity index (χ0v) is 8.53. The average Bonchev–Trinajstić information content (AvgIpc) is 2.04. The Morgan fingerprint density at radius 3 is 2.83 bits per heavy atom. The van der Waals surface area contributed by atoms with E-state index < -0.39 is 5.82 Å². The number of hydrogen-bond donors (Lipinski definition) is 0. The van der Waals surface area contributed by atoms with E-state index in [0.29, 0.717) is 17.0 Å². The summed E-state index contributed by atoms with van der Waals surface area (Å²) in [4.78, 5) is 0. The molecule has 0 spiro atoms. The van der Waals surface area contributed by atoms with Crippen LogP contribution in [0.15, 0.2) is 18.2 Å². The first-order valence-corrected chi connectivity index (χ1v) is 4.88. The van der Waals surface area contributed by atoms with E-state index in [1.54, 1.807) is 12.1 Å². The van der Waals surface area contributed by atoms with Crippen molar-refractivity contribution in [1.82, 2.24) is 0 Å². The topological polar surface area (TPSA) is 9.23 Å². The second-order valence-corrected chi connectivity index (χ2v) is 3.29. The minimum atomic E-state index is -0.427. The van der Waals surface area contributed by atoms with Gasteiger partial charge in [-0.1, -0.05) is 33.6 Å². The van der Waals surface area contributed by atoms with Gasteiger partial charge in [-0.15, -0.1) is 0 Å². The third kappa shape index (κ3) is 2.35. The van der Waals surface area contributed by atoms with Crippen molar-refractivity contribution in [2.75, 3.05) is 11.9 Å². The van der Waals surface area contributed by atoms with Crippen molar-refractivity contribution in [2.24, 2.45) is 0 Å². The molecule has 0 heterocycles. The Morgan fingerprint density at radius 1 is 1.50 bits per heavy atom. The second kappa shape index (κ2) is 4.67. The largest absolute Gasteiger partial charge is 0.488 e. The number of ether oxygens (including phenoxy) is 1. The molecular formula is C8H7BrClFO. The summed E-state index contributed by atoms with van der Waals surface area (Å²) in [5.74, 6) is -0.304. The molecule has 0 saturated heterocycles. The first-order valence-electron chi connectivity index (χ1n) is 3.38. The lowest BCUT2D eigenvalue weighted by molar-refractivity contribution is 0.326. The van der Waals surface area contributed by atoms with E-state index in [1.807, 2.05) is 0 Å². The molecule has 0 amide bonds. The maximum absolute atomic E-state index is 12.9. The quantitative estimate of drug-likeness (QED) is 0.751. The van der Waals surface area contributed by atoms with Crippen LogP contribution in [0.3, 0.4) is 0 Å². The highest BCUT2D eigenvalue weighted by Gasteiger charge is 2.06. The van der Waals surface area contributed by atoms with Gasteiger partial charge in [-0.25, -0.2) is 4.39 Å². The van der Waals surface area contributed by atoms with E-state index in [9.17, 15) is 4.39 Å². The Hall–Kier alpha value is -0.280. The number of benzene rings is 1. The summed E-state index contributed by atoms with van der Waals surface area (Å²) in [5, 5.41) is 0.952. The summed E-state index contributed by atoms with van der Waals surface area (Å²) in [5.41, 5.74) is 0. The monoisotopic (exact) mass is 252 g/mol. The SMILES string of the molecule is Fc1cccc(Cl)c1OCCBr. The van der Waals surface area contributed by atoms with Gasteiger partial charge in [0.1, 0.15) is 0 Å². The number of rotatable bonds is 3. The van der Waals surface area contributed by atoms with Gasteiger partial charge in [-0.3, -0.25) is 0 Å². The highest BCUT2D eigenvalue weighted by molar-refractivity contribution is 9.09. The molecule has 1 nitrogen and oxygen atoms in total. The van der Waals surface area contributed by atoms with Crippen molar-refractivity contribution in [3.63, 3.8) is 0 Å². The van der Waals surface area contributed by atoms with Crippen molar-refractivity contribution in [2.45, 2.75) is 0 Å². The average molecular weight is 253 g/mol. The molecule has 0 aromatic heterocycles. The highest BCUT2D eigenvalue weighted by Crippen LogP contribution is 2.26. The van der Waals surface area contributed by atoms with Crippen LogP contribution in [-0.4, -0.2) is 11.9 Å². The highest BCUT2D eigenvalue weighted by atomic mass is 79.9. The predicted octanol–water partition coefficient (Wildman–Crippen LogP) is 3.25. The smallest absolute Gasteiger partial charge is 0.173 e. The minimum Gasteiger partial charge on any atom is -0.488 e. The number of hydrogen-bond acceptors (Lipinski definition) is 1. The van der Waals surface area contributed by atoms with Crippen LogP contribution in [0.5, 0.6) is 5.75 Å². The van der Waals surface area contributed by atoms with Crippen LogP contribution < -0.4 is 4.74 Å². The van der Waals surface area contributed by atoms with E-state index >= 15 is 0 Å². The molecule has 4 heteroatoms. The molecule has 0 radical (unpaired) electrons. The van der Waals surface area contributed by atoms with Crippen LogP contribution in [0, 0.1) is 5.82 Å².